The van der Waals surface area contributed by atoms with Gasteiger partial charge in [-0.05, 0) is 171 Å². The number of aryl methyl sites for hydroxylation is 8. The Morgan fingerprint density at radius 3 is 0.622 bits per heavy atom. The van der Waals surface area contributed by atoms with E-state index in [0.29, 0.717) is 111 Å². The predicted octanol–water partition coefficient (Wildman–Crippen LogP) is 22.3. The highest BCUT2D eigenvalue weighted by molar-refractivity contribution is 8.00. The summed E-state index contributed by atoms with van der Waals surface area (Å²) in [5.74, 6) is -2.02. The average Bonchev–Trinajstić information content (AvgIpc) is 0.745. The minimum Gasteiger partial charge on any atom is -0.465 e. The molecule has 0 aliphatic carbocycles. The number of ether oxygens (including phenoxy) is 4. The van der Waals surface area contributed by atoms with Crippen molar-refractivity contribution in [3.63, 3.8) is 0 Å². The predicted molar refractivity (Wildman–Crippen MR) is 587 cm³/mol. The monoisotopic (exact) mass is 2060 g/mol. The molecule has 0 aromatic heterocycles. The van der Waals surface area contributed by atoms with Crippen LogP contribution in [0.1, 0.15) is 201 Å². The third-order valence-electron chi connectivity index (χ3n) is 25.2. The minimum absolute atomic E-state index is 0.00327. The van der Waals surface area contributed by atoms with Gasteiger partial charge in [0.2, 0.25) is 25.3 Å². The van der Waals surface area contributed by atoms with E-state index in [1.54, 1.807) is 175 Å². The van der Waals surface area contributed by atoms with Gasteiger partial charge in [0.25, 0.3) is 0 Å². The van der Waals surface area contributed by atoms with Gasteiger partial charge in [0.1, 0.15) is 31.8 Å². The second-order valence-corrected chi connectivity index (χ2v) is 50.1. The molecule has 0 amide bonds. The number of hydrogen-bond donors (Lipinski definition) is 0. The lowest BCUT2D eigenvalue weighted by Gasteiger charge is -2.31. The van der Waals surface area contributed by atoms with Crippen LogP contribution in [-0.4, -0.2) is 142 Å². The normalized spacial score (nSPS) is 11.6. The molecule has 26 heteroatoms. The van der Waals surface area contributed by atoms with Crippen molar-refractivity contribution in [1.29, 1.82) is 0 Å². The van der Waals surface area contributed by atoms with Crippen LogP contribution < -0.4 is 42.4 Å². The molecular formula is C117H120O18P4S4. The fourth-order valence-corrected chi connectivity index (χ4v) is 31.5. The molecule has 0 atom stereocenters. The SMILES string of the molecule is Cc1cc(C)c(C(=O)P(c2ccccc2)c2ccccc2)c(C)c1C(=O)CCSCCC(=O)OCC(COC(=O)CCSCCC(=O)c1c(C)cc(C)c(C(=O)P(c2ccccc2)c2ccccc2)c1C)(COC(=O)CCSCCC(=O)c1c(C)cc(C)c(C(=O)P(=O)(c2ccccc2)c2ccccc2)c1C)COC(=O)CCSCCC(=O)c1c(C)cc(C)c(C(=O)P(=O)(c2ccccc2)c2ccccc2)c1C. The molecule has 0 radical (unpaired) electrons. The Kier molecular flexibility index (Phi) is 40.4. The van der Waals surface area contributed by atoms with E-state index in [1.165, 1.54) is 47.0 Å². The van der Waals surface area contributed by atoms with Gasteiger partial charge in [0.15, 0.2) is 34.2 Å². The number of hydrogen-bond acceptors (Lipinski definition) is 22. The number of rotatable bonds is 52. The first-order valence-electron chi connectivity index (χ1n) is 47.6. The zero-order chi connectivity index (χ0) is 103. The van der Waals surface area contributed by atoms with E-state index in [-0.39, 0.29) is 131 Å². The summed E-state index contributed by atoms with van der Waals surface area (Å²) in [6.07, 6.45) is -0.600. The highest BCUT2D eigenvalue weighted by atomic mass is 32.2. The Morgan fingerprint density at radius 2 is 0.413 bits per heavy atom. The minimum atomic E-state index is -3.96. The number of carbonyl (C=O) groups excluding carboxylic acids is 12. The molecule has 12 rings (SSSR count). The summed E-state index contributed by atoms with van der Waals surface area (Å²) < 4.78 is 55.0. The van der Waals surface area contributed by atoms with Gasteiger partial charge in [-0.1, -0.05) is 267 Å². The first kappa shape index (κ1) is 110. The van der Waals surface area contributed by atoms with Crippen molar-refractivity contribution in [2.45, 2.75) is 134 Å². The van der Waals surface area contributed by atoms with Crippen LogP contribution in [0.3, 0.4) is 0 Å². The standard InChI is InChI=1S/C117H120O18P4S4/c1-77-69-81(5)109(113(126)136(89-37-21-13-22-38-89)90-39-23-14-24-40-90)85(9)105(77)97(118)53-61-140-65-57-101(122)132-73-117(74-133-102(123)58-66-141-62-54-98(119)106-78(2)70-82(6)110(86(106)10)114(127)137(91-41-25-15-26-42-91)92-43-27-16-28-44-92,75-134-103(124)59-67-142-63-55-99(120)107-79(3)71-83(7)111(87(107)11)115(128)138(130,93-45-29-17-30-46-93)94-47-31-18-32-48-94)76-135-104(125)60-68-143-64-56-100(121)108-80(4)72-84(8)112(88(108)12)116(129)139(131,95-49-33-19-34-50-95)96-51-35-20-36-52-96/h13-52,69-72H,53-68,73-76H2,1-12H3. The van der Waals surface area contributed by atoms with Crippen LogP contribution in [0.4, 0.5) is 0 Å². The number of ketones is 4. The van der Waals surface area contributed by atoms with Crippen molar-refractivity contribution in [2.75, 3.05) is 72.5 Å². The summed E-state index contributed by atoms with van der Waals surface area (Å²) in [5.41, 5.74) is 7.34. The summed E-state index contributed by atoms with van der Waals surface area (Å²) in [7, 11) is -10.9. The van der Waals surface area contributed by atoms with Gasteiger partial charge in [-0.2, -0.15) is 47.0 Å². The van der Waals surface area contributed by atoms with E-state index in [0.717, 1.165) is 43.5 Å². The van der Waals surface area contributed by atoms with Gasteiger partial charge in [-0.25, -0.2) is 0 Å². The van der Waals surface area contributed by atoms with Gasteiger partial charge < -0.3 is 28.1 Å². The second-order valence-electron chi connectivity index (χ2n) is 35.6. The molecule has 143 heavy (non-hydrogen) atoms. The molecule has 0 heterocycles. The van der Waals surface area contributed by atoms with E-state index < -0.39 is 96.9 Å². The van der Waals surface area contributed by atoms with E-state index in [4.69, 9.17) is 18.9 Å². The fraction of sp³-hybridized carbons (Fsp3) is 0.282. The Labute approximate surface area is 858 Å². The van der Waals surface area contributed by atoms with Gasteiger partial charge >= 0.3 is 23.9 Å². The Balaban J connectivity index is 0.746. The molecule has 12 aromatic rings. The zero-order valence-electron chi connectivity index (χ0n) is 82.8. The number of benzene rings is 12. The topological polar surface area (TPSA) is 276 Å². The summed E-state index contributed by atoms with van der Waals surface area (Å²) in [4.78, 5) is 175. The lowest BCUT2D eigenvalue weighted by molar-refractivity contribution is -0.170. The molecule has 0 aliphatic heterocycles. The van der Waals surface area contributed by atoms with Crippen LogP contribution in [-0.2, 0) is 47.3 Å². The Bertz CT molecular complexity index is 6200. The molecule has 0 saturated carbocycles. The van der Waals surface area contributed by atoms with Crippen molar-refractivity contribution in [1.82, 2.24) is 0 Å². The molecule has 0 unspecified atom stereocenters. The van der Waals surface area contributed by atoms with Gasteiger partial charge in [0.05, 0.1) is 25.7 Å². The van der Waals surface area contributed by atoms with Crippen molar-refractivity contribution in [3.8, 4) is 0 Å². The molecule has 0 fully saturated rings. The Hall–Kier alpha value is -11.4. The van der Waals surface area contributed by atoms with Crippen LogP contribution in [0.25, 0.3) is 0 Å². The van der Waals surface area contributed by atoms with Crippen molar-refractivity contribution < 1.29 is 85.6 Å². The summed E-state index contributed by atoms with van der Waals surface area (Å²) >= 11 is 5.27. The first-order chi connectivity index (χ1) is 68.7. The zero-order valence-corrected chi connectivity index (χ0v) is 89.7. The summed E-state index contributed by atoms with van der Waals surface area (Å²) in [6, 6.07) is 80.2. The van der Waals surface area contributed by atoms with E-state index in [1.807, 2.05) is 175 Å². The molecule has 740 valence electrons. The highest BCUT2D eigenvalue weighted by Crippen LogP contribution is 2.51. The first-order valence-corrected chi connectivity index (χ1v) is 58.3. The average molecular weight is 2070 g/mol. The van der Waals surface area contributed by atoms with E-state index in [9.17, 15) is 57.5 Å². The molecule has 0 spiro atoms. The lowest BCUT2D eigenvalue weighted by Crippen LogP contribution is -2.44. The van der Waals surface area contributed by atoms with Crippen LogP contribution in [0, 0.1) is 88.5 Å². The van der Waals surface area contributed by atoms with Crippen LogP contribution in [0.5, 0.6) is 0 Å². The maximum Gasteiger partial charge on any atom is 0.306 e. The maximum absolute atomic E-state index is 15.4. The summed E-state index contributed by atoms with van der Waals surface area (Å²) in [5, 5.41) is 4.97. The molecule has 0 saturated heterocycles. The largest absolute Gasteiger partial charge is 0.465 e. The maximum atomic E-state index is 15.4. The third-order valence-corrected chi connectivity index (χ3v) is 39.4. The van der Waals surface area contributed by atoms with Crippen molar-refractivity contribution in [2.24, 2.45) is 5.41 Å². The second kappa shape index (κ2) is 52.4. The van der Waals surface area contributed by atoms with Crippen LogP contribution in [0.15, 0.2) is 267 Å². The number of Topliss-reactive ketones (excluding diaryl/α,β-unsaturated/α-hetero) is 4. The third kappa shape index (κ3) is 27.4. The molecule has 0 aliphatic rings. The molecule has 18 nitrogen and oxygen atoms in total. The molecule has 12 aromatic carbocycles. The van der Waals surface area contributed by atoms with E-state index in [2.05, 4.69) is 0 Å². The van der Waals surface area contributed by atoms with Crippen molar-refractivity contribution >= 4 is 189 Å². The highest BCUT2D eigenvalue weighted by Gasteiger charge is 2.43. The van der Waals surface area contributed by atoms with Gasteiger partial charge in [-0.15, -0.1) is 0 Å². The van der Waals surface area contributed by atoms with Crippen LogP contribution in [0.2, 0.25) is 0 Å². The quantitative estimate of drug-likeness (QED) is 0.0113. The molecule has 0 N–H and O–H groups in total. The smallest absolute Gasteiger partial charge is 0.306 e. The Morgan fingerprint density at radius 1 is 0.238 bits per heavy atom. The fourth-order valence-electron chi connectivity index (χ4n) is 18.4. The lowest BCUT2D eigenvalue weighted by atomic mass is 9.91. The number of thioether (sulfide) groups is 4. The van der Waals surface area contributed by atoms with E-state index >= 15 is 9.13 Å². The number of esters is 4. The van der Waals surface area contributed by atoms with Crippen LogP contribution >= 0.6 is 77.2 Å². The molecular weight excluding hydrogens is 1950 g/mol. The number of carbonyl (C=O) groups is 12. The van der Waals surface area contributed by atoms with Gasteiger partial charge in [-0.3, -0.25) is 57.5 Å². The van der Waals surface area contributed by atoms with Gasteiger partial charge in [0, 0.05) is 153 Å². The molecule has 0 bridgehead atoms. The van der Waals surface area contributed by atoms with Crippen molar-refractivity contribution in [3.05, 3.63) is 378 Å². The summed E-state index contributed by atoms with van der Waals surface area (Å²) in [6.45, 7) is 19.2.